The lowest BCUT2D eigenvalue weighted by Crippen LogP contribution is -1.99. The highest BCUT2D eigenvalue weighted by Gasteiger charge is 1.97. The Bertz CT molecular complexity index is 435. The van der Waals surface area contributed by atoms with Crippen LogP contribution in [0.5, 0.6) is 0 Å². The molecule has 2 aromatic rings. The van der Waals surface area contributed by atoms with Crippen molar-refractivity contribution in [1.82, 2.24) is 4.98 Å². The Morgan fingerprint density at radius 2 is 1.82 bits per heavy atom. The van der Waals surface area contributed by atoms with Crippen LogP contribution in [0.25, 0.3) is 0 Å². The second-order valence-corrected chi connectivity index (χ2v) is 3.59. The van der Waals surface area contributed by atoms with E-state index in [4.69, 9.17) is 11.6 Å². The molecule has 0 bridgehead atoms. The van der Waals surface area contributed by atoms with Crippen molar-refractivity contribution >= 4 is 42.1 Å². The fraction of sp³-hybridized carbons (Fsp3) is 0.0833. The minimum absolute atomic E-state index is 0. The summed E-state index contributed by atoms with van der Waals surface area (Å²) in [6.07, 6.45) is 3.54. The minimum atomic E-state index is 0. The highest BCUT2D eigenvalue weighted by molar-refractivity contribution is 6.31. The maximum atomic E-state index is 6.03. The van der Waals surface area contributed by atoms with Gasteiger partial charge < -0.3 is 5.32 Å². The summed E-state index contributed by atoms with van der Waals surface area (Å²) in [5, 5.41) is 4.04. The molecule has 92 valence electrons. The predicted molar refractivity (Wildman–Crippen MR) is 77.5 cm³/mol. The molecule has 17 heavy (non-hydrogen) atoms. The third-order valence-electron chi connectivity index (χ3n) is 2.10. The first kappa shape index (κ1) is 16.0. The van der Waals surface area contributed by atoms with Crippen LogP contribution in [0.1, 0.15) is 5.56 Å². The fourth-order valence-corrected chi connectivity index (χ4v) is 1.51. The summed E-state index contributed by atoms with van der Waals surface area (Å²) in [6, 6.07) is 11.7. The second kappa shape index (κ2) is 8.18. The van der Waals surface area contributed by atoms with E-state index in [0.29, 0.717) is 6.54 Å². The number of hydrogen-bond acceptors (Lipinski definition) is 2. The topological polar surface area (TPSA) is 24.9 Å². The van der Waals surface area contributed by atoms with Gasteiger partial charge in [0.05, 0.1) is 5.69 Å². The number of halogens is 3. The van der Waals surface area contributed by atoms with Crippen molar-refractivity contribution in [2.45, 2.75) is 6.54 Å². The molecule has 0 radical (unpaired) electrons. The van der Waals surface area contributed by atoms with E-state index in [1.165, 1.54) is 0 Å². The molecule has 0 aliphatic heterocycles. The summed E-state index contributed by atoms with van der Waals surface area (Å²) in [4.78, 5) is 4.02. The average molecular weight is 292 g/mol. The Morgan fingerprint density at radius 1 is 1.06 bits per heavy atom. The molecule has 2 nitrogen and oxygen atoms in total. The molecule has 0 saturated carbocycles. The molecule has 1 N–H and O–H groups in total. The Kier molecular flexibility index (Phi) is 7.72. The van der Waals surface area contributed by atoms with E-state index in [0.717, 1.165) is 16.3 Å². The smallest absolute Gasteiger partial charge is 0.0529 e. The van der Waals surface area contributed by atoms with E-state index in [2.05, 4.69) is 10.3 Å². The molecule has 0 unspecified atom stereocenters. The van der Waals surface area contributed by atoms with Crippen LogP contribution in [0.3, 0.4) is 0 Å². The lowest BCUT2D eigenvalue weighted by Gasteiger charge is -2.06. The Balaban J connectivity index is 0.00000128. The molecule has 2 rings (SSSR count). The van der Waals surface area contributed by atoms with Crippen LogP contribution >= 0.6 is 36.4 Å². The number of hydrogen-bond donors (Lipinski definition) is 1. The van der Waals surface area contributed by atoms with Crippen LogP contribution in [-0.4, -0.2) is 4.98 Å². The van der Waals surface area contributed by atoms with Crippen LogP contribution in [0.4, 0.5) is 5.69 Å². The lowest BCUT2D eigenvalue weighted by molar-refractivity contribution is 1.14. The molecule has 5 heteroatoms. The molecule has 1 aromatic heterocycles. The van der Waals surface area contributed by atoms with Crippen LogP contribution in [0.15, 0.2) is 48.8 Å². The number of anilines is 1. The van der Waals surface area contributed by atoms with Gasteiger partial charge in [-0.3, -0.25) is 4.98 Å². The summed E-state index contributed by atoms with van der Waals surface area (Å²) < 4.78 is 0. The zero-order chi connectivity index (χ0) is 10.5. The first-order valence-corrected chi connectivity index (χ1v) is 5.11. The maximum absolute atomic E-state index is 6.03. The van der Waals surface area contributed by atoms with E-state index in [1.54, 1.807) is 12.4 Å². The Morgan fingerprint density at radius 3 is 2.47 bits per heavy atom. The average Bonchev–Trinajstić information content (AvgIpc) is 2.29. The van der Waals surface area contributed by atoms with Gasteiger partial charge >= 0.3 is 0 Å². The monoisotopic (exact) mass is 290 g/mol. The number of rotatable bonds is 3. The summed E-state index contributed by atoms with van der Waals surface area (Å²) in [6.45, 7) is 0.714. The van der Waals surface area contributed by atoms with Crippen molar-refractivity contribution in [3.8, 4) is 0 Å². The van der Waals surface area contributed by atoms with Crippen molar-refractivity contribution in [1.29, 1.82) is 0 Å². The zero-order valence-corrected chi connectivity index (χ0v) is 11.4. The van der Waals surface area contributed by atoms with Crippen LogP contribution in [0.2, 0.25) is 5.02 Å². The summed E-state index contributed by atoms with van der Waals surface area (Å²) >= 11 is 6.03. The van der Waals surface area contributed by atoms with Gasteiger partial charge in [0, 0.05) is 24.0 Å². The highest BCUT2D eigenvalue weighted by Crippen LogP contribution is 2.16. The zero-order valence-electron chi connectivity index (χ0n) is 8.97. The van der Waals surface area contributed by atoms with Crippen molar-refractivity contribution in [3.63, 3.8) is 0 Å². The van der Waals surface area contributed by atoms with Gasteiger partial charge in [-0.05, 0) is 23.8 Å². The molecule has 1 heterocycles. The predicted octanol–water partition coefficient (Wildman–Crippen LogP) is 4.19. The second-order valence-electron chi connectivity index (χ2n) is 3.19. The quantitative estimate of drug-likeness (QED) is 0.917. The van der Waals surface area contributed by atoms with E-state index >= 15 is 0 Å². The SMILES string of the molecule is Cl.Cl.Clc1ccccc1CNc1cccnc1. The van der Waals surface area contributed by atoms with E-state index < -0.39 is 0 Å². The summed E-state index contributed by atoms with van der Waals surface area (Å²) in [5.74, 6) is 0. The number of benzene rings is 1. The molecular weight excluding hydrogens is 279 g/mol. The Hall–Kier alpha value is -0.960. The molecule has 0 amide bonds. The lowest BCUT2D eigenvalue weighted by atomic mass is 10.2. The largest absolute Gasteiger partial charge is 0.380 e. The summed E-state index contributed by atoms with van der Waals surface area (Å²) in [7, 11) is 0. The molecule has 0 atom stereocenters. The summed E-state index contributed by atoms with van der Waals surface area (Å²) in [5.41, 5.74) is 2.08. The number of nitrogens with zero attached hydrogens (tertiary/aromatic N) is 1. The van der Waals surface area contributed by atoms with Gasteiger partial charge in [0.2, 0.25) is 0 Å². The molecule has 0 fully saturated rings. The fourth-order valence-electron chi connectivity index (χ4n) is 1.31. The van der Waals surface area contributed by atoms with E-state index in [9.17, 15) is 0 Å². The number of nitrogens with one attached hydrogen (secondary N) is 1. The van der Waals surface area contributed by atoms with E-state index in [-0.39, 0.29) is 24.8 Å². The van der Waals surface area contributed by atoms with Gasteiger partial charge in [-0.2, -0.15) is 0 Å². The van der Waals surface area contributed by atoms with Gasteiger partial charge in [0.25, 0.3) is 0 Å². The van der Waals surface area contributed by atoms with Gasteiger partial charge in [-0.1, -0.05) is 29.8 Å². The van der Waals surface area contributed by atoms with E-state index in [1.807, 2.05) is 36.4 Å². The van der Waals surface area contributed by atoms with Gasteiger partial charge in [0.15, 0.2) is 0 Å². The van der Waals surface area contributed by atoms with Gasteiger partial charge in [-0.15, -0.1) is 24.8 Å². The number of pyridine rings is 1. The standard InChI is InChI=1S/C12H11ClN2.2ClH/c13-12-6-2-1-4-10(12)8-15-11-5-3-7-14-9-11;;/h1-7,9,15H,8H2;2*1H. The molecule has 0 spiro atoms. The molecule has 0 aliphatic carbocycles. The van der Waals surface area contributed by atoms with Gasteiger partial charge in [-0.25, -0.2) is 0 Å². The third-order valence-corrected chi connectivity index (χ3v) is 2.47. The maximum Gasteiger partial charge on any atom is 0.0529 e. The van der Waals surface area contributed by atoms with Crippen molar-refractivity contribution in [2.75, 3.05) is 5.32 Å². The first-order chi connectivity index (χ1) is 7.36. The van der Waals surface area contributed by atoms with Gasteiger partial charge in [0.1, 0.15) is 0 Å². The normalized spacial score (nSPS) is 8.76. The van der Waals surface area contributed by atoms with Crippen LogP contribution < -0.4 is 5.32 Å². The third kappa shape index (κ3) is 4.82. The first-order valence-electron chi connectivity index (χ1n) is 4.73. The number of aromatic nitrogens is 1. The molecule has 1 aromatic carbocycles. The van der Waals surface area contributed by atoms with Crippen molar-refractivity contribution in [3.05, 3.63) is 59.4 Å². The molecule has 0 saturated heterocycles. The van der Waals surface area contributed by atoms with Crippen molar-refractivity contribution in [2.24, 2.45) is 0 Å². The van der Waals surface area contributed by atoms with Crippen LogP contribution in [0, 0.1) is 0 Å². The highest BCUT2D eigenvalue weighted by atomic mass is 35.5. The Labute approximate surface area is 118 Å². The van der Waals surface area contributed by atoms with Crippen molar-refractivity contribution < 1.29 is 0 Å². The minimum Gasteiger partial charge on any atom is -0.380 e. The molecule has 0 aliphatic rings. The van der Waals surface area contributed by atoms with Crippen LogP contribution in [-0.2, 0) is 6.54 Å². The molecular formula is C12H13Cl3N2.